The molecule has 30 heavy (non-hydrogen) atoms. The maximum absolute atomic E-state index is 13.5. The van der Waals surface area contributed by atoms with Crippen LogP contribution in [-0.4, -0.2) is 53.0 Å². The summed E-state index contributed by atoms with van der Waals surface area (Å²) in [6.45, 7) is 7.17. The Morgan fingerprint density at radius 1 is 1.10 bits per heavy atom. The second kappa shape index (κ2) is 8.32. The zero-order chi connectivity index (χ0) is 21.3. The third-order valence-corrected chi connectivity index (χ3v) is 5.29. The van der Waals surface area contributed by atoms with Crippen LogP contribution in [0.15, 0.2) is 54.7 Å². The number of methoxy groups -OCH3 is 1. The lowest BCUT2D eigenvalue weighted by molar-refractivity contribution is -0.0586. The number of carbonyl (C=O) groups excluding carboxylic acids is 1. The van der Waals surface area contributed by atoms with E-state index in [1.807, 2.05) is 80.4 Å². The number of aromatic nitrogens is 2. The molecular formula is C24H27N3O3. The second-order valence-corrected chi connectivity index (χ2v) is 7.87. The van der Waals surface area contributed by atoms with E-state index in [2.05, 4.69) is 0 Å². The maximum Gasteiger partial charge on any atom is 0.257 e. The summed E-state index contributed by atoms with van der Waals surface area (Å²) in [7, 11) is 1.63. The number of carbonyl (C=O) groups is 1. The Bertz CT molecular complexity index is 1030. The highest BCUT2D eigenvalue weighted by atomic mass is 16.5. The second-order valence-electron chi connectivity index (χ2n) is 7.87. The van der Waals surface area contributed by atoms with Gasteiger partial charge in [-0.3, -0.25) is 4.79 Å². The summed E-state index contributed by atoms with van der Waals surface area (Å²) in [5.41, 5.74) is 4.15. The van der Waals surface area contributed by atoms with Crippen molar-refractivity contribution >= 4 is 5.91 Å². The van der Waals surface area contributed by atoms with Crippen molar-refractivity contribution in [3.63, 3.8) is 0 Å². The molecule has 0 spiro atoms. The fourth-order valence-corrected chi connectivity index (χ4v) is 3.86. The molecule has 2 atom stereocenters. The third kappa shape index (κ3) is 4.09. The van der Waals surface area contributed by atoms with E-state index < -0.39 is 0 Å². The number of hydrogen-bond acceptors (Lipinski definition) is 4. The van der Waals surface area contributed by atoms with Crippen LogP contribution in [0.5, 0.6) is 5.75 Å². The number of ether oxygens (including phenoxy) is 2. The van der Waals surface area contributed by atoms with Crippen LogP contribution in [0.4, 0.5) is 0 Å². The van der Waals surface area contributed by atoms with Crippen molar-refractivity contribution in [3.05, 3.63) is 65.9 Å². The Balaban J connectivity index is 1.78. The van der Waals surface area contributed by atoms with E-state index in [-0.39, 0.29) is 18.1 Å². The van der Waals surface area contributed by atoms with E-state index in [1.165, 1.54) is 5.56 Å². The Morgan fingerprint density at radius 3 is 2.47 bits per heavy atom. The van der Waals surface area contributed by atoms with Crippen molar-refractivity contribution < 1.29 is 14.3 Å². The van der Waals surface area contributed by atoms with E-state index in [1.54, 1.807) is 11.8 Å². The molecule has 1 aromatic heterocycles. The number of amides is 1. The zero-order valence-corrected chi connectivity index (χ0v) is 17.8. The van der Waals surface area contributed by atoms with Crippen molar-refractivity contribution in [3.8, 4) is 22.7 Å². The first-order chi connectivity index (χ1) is 14.4. The van der Waals surface area contributed by atoms with Gasteiger partial charge in [0.1, 0.15) is 11.4 Å². The van der Waals surface area contributed by atoms with Gasteiger partial charge in [0.15, 0.2) is 0 Å². The molecule has 1 amide bonds. The Labute approximate surface area is 177 Å². The van der Waals surface area contributed by atoms with Gasteiger partial charge in [-0.2, -0.15) is 5.10 Å². The summed E-state index contributed by atoms with van der Waals surface area (Å²) in [4.78, 5) is 15.4. The topological polar surface area (TPSA) is 56.6 Å². The molecular weight excluding hydrogens is 378 g/mol. The highest BCUT2D eigenvalue weighted by Crippen LogP contribution is 2.28. The molecule has 0 bridgehead atoms. The molecule has 0 unspecified atom stereocenters. The molecule has 6 heteroatoms. The zero-order valence-electron chi connectivity index (χ0n) is 17.8. The Morgan fingerprint density at radius 2 is 1.80 bits per heavy atom. The molecule has 1 fully saturated rings. The standard InChI is InChI=1S/C24H27N3O3/c1-16-8-10-20(11-9-16)27-15-22(24(28)26-13-17(2)30-18(3)14-26)23(25-27)19-6-5-7-21(12-19)29-4/h5-12,15,17-18H,13-14H2,1-4H3/t17-,18+. The van der Waals surface area contributed by atoms with Crippen molar-refractivity contribution in [2.45, 2.75) is 33.0 Å². The smallest absolute Gasteiger partial charge is 0.257 e. The first kappa shape index (κ1) is 20.2. The normalized spacial score (nSPS) is 19.0. The van der Waals surface area contributed by atoms with E-state index in [0.717, 1.165) is 17.0 Å². The lowest BCUT2D eigenvalue weighted by atomic mass is 10.1. The van der Waals surface area contributed by atoms with E-state index in [4.69, 9.17) is 14.6 Å². The van der Waals surface area contributed by atoms with Crippen molar-refractivity contribution in [2.24, 2.45) is 0 Å². The van der Waals surface area contributed by atoms with Crippen LogP contribution < -0.4 is 4.74 Å². The number of benzene rings is 2. The number of nitrogens with zero attached hydrogens (tertiary/aromatic N) is 3. The molecule has 0 aliphatic carbocycles. The van der Waals surface area contributed by atoms with Crippen LogP contribution in [0.1, 0.15) is 29.8 Å². The lowest BCUT2D eigenvalue weighted by Crippen LogP contribution is -2.48. The molecule has 0 radical (unpaired) electrons. The van der Waals surface area contributed by atoms with Crippen LogP contribution in [0.2, 0.25) is 0 Å². The molecule has 2 aromatic carbocycles. The maximum atomic E-state index is 13.5. The van der Waals surface area contributed by atoms with E-state index in [0.29, 0.717) is 24.3 Å². The molecule has 6 nitrogen and oxygen atoms in total. The van der Waals surface area contributed by atoms with Gasteiger partial charge >= 0.3 is 0 Å². The Hall–Kier alpha value is -3.12. The van der Waals surface area contributed by atoms with Gasteiger partial charge in [-0.25, -0.2) is 4.68 Å². The fraction of sp³-hybridized carbons (Fsp3) is 0.333. The SMILES string of the molecule is COc1cccc(-c2nn(-c3ccc(C)cc3)cc2C(=O)N2C[C@@H](C)O[C@@H](C)C2)c1. The summed E-state index contributed by atoms with van der Waals surface area (Å²) in [6, 6.07) is 15.7. The molecule has 4 rings (SSSR count). The average Bonchev–Trinajstić information content (AvgIpc) is 3.18. The van der Waals surface area contributed by atoms with Crippen LogP contribution in [0.25, 0.3) is 16.9 Å². The number of morpholine rings is 1. The number of hydrogen-bond donors (Lipinski definition) is 0. The first-order valence-corrected chi connectivity index (χ1v) is 10.2. The van der Waals surface area contributed by atoms with Gasteiger partial charge in [-0.05, 0) is 45.0 Å². The van der Waals surface area contributed by atoms with Crippen molar-refractivity contribution in [1.29, 1.82) is 0 Å². The summed E-state index contributed by atoms with van der Waals surface area (Å²) >= 11 is 0. The fourth-order valence-electron chi connectivity index (χ4n) is 3.86. The van der Waals surface area contributed by atoms with E-state index >= 15 is 0 Å². The highest BCUT2D eigenvalue weighted by molar-refractivity contribution is 6.00. The summed E-state index contributed by atoms with van der Waals surface area (Å²) in [6.07, 6.45) is 1.84. The van der Waals surface area contributed by atoms with Gasteiger partial charge in [0.25, 0.3) is 5.91 Å². The lowest BCUT2D eigenvalue weighted by Gasteiger charge is -2.35. The molecule has 156 valence electrons. The average molecular weight is 405 g/mol. The summed E-state index contributed by atoms with van der Waals surface area (Å²) in [5.74, 6) is 0.692. The predicted octanol–water partition coefficient (Wildman–Crippen LogP) is 4.11. The van der Waals surface area contributed by atoms with Gasteiger partial charge in [0.2, 0.25) is 0 Å². The monoisotopic (exact) mass is 405 g/mol. The van der Waals surface area contributed by atoms with Gasteiger partial charge in [0.05, 0.1) is 30.6 Å². The molecule has 2 heterocycles. The first-order valence-electron chi connectivity index (χ1n) is 10.2. The minimum absolute atomic E-state index is 0.00473. The van der Waals surface area contributed by atoms with Gasteiger partial charge in [-0.15, -0.1) is 0 Å². The van der Waals surface area contributed by atoms with Crippen molar-refractivity contribution in [1.82, 2.24) is 14.7 Å². The molecule has 0 saturated carbocycles. The largest absolute Gasteiger partial charge is 0.497 e. The Kier molecular flexibility index (Phi) is 5.59. The van der Waals surface area contributed by atoms with Crippen LogP contribution >= 0.6 is 0 Å². The van der Waals surface area contributed by atoms with Crippen molar-refractivity contribution in [2.75, 3.05) is 20.2 Å². The number of aryl methyl sites for hydroxylation is 1. The number of rotatable bonds is 4. The molecule has 0 N–H and O–H groups in total. The summed E-state index contributed by atoms with van der Waals surface area (Å²) < 4.78 is 13.0. The van der Waals surface area contributed by atoms with E-state index in [9.17, 15) is 4.79 Å². The van der Waals surface area contributed by atoms with Crippen LogP contribution in [0.3, 0.4) is 0 Å². The molecule has 1 saturated heterocycles. The minimum atomic E-state index is -0.0341. The highest BCUT2D eigenvalue weighted by Gasteiger charge is 2.29. The van der Waals surface area contributed by atoms with Crippen LogP contribution in [0, 0.1) is 6.92 Å². The molecule has 3 aromatic rings. The van der Waals surface area contributed by atoms with Gasteiger partial charge in [0, 0.05) is 24.8 Å². The quantitative estimate of drug-likeness (QED) is 0.656. The molecule has 1 aliphatic rings. The minimum Gasteiger partial charge on any atom is -0.497 e. The molecule has 1 aliphatic heterocycles. The van der Waals surface area contributed by atoms with Gasteiger partial charge < -0.3 is 14.4 Å². The predicted molar refractivity (Wildman–Crippen MR) is 116 cm³/mol. The van der Waals surface area contributed by atoms with Crippen LogP contribution in [-0.2, 0) is 4.74 Å². The summed E-state index contributed by atoms with van der Waals surface area (Å²) in [5, 5.41) is 4.79. The third-order valence-electron chi connectivity index (χ3n) is 5.29. The van der Waals surface area contributed by atoms with Gasteiger partial charge in [-0.1, -0.05) is 29.8 Å².